The number of carboxylic acid groups (broad SMARTS) is 1. The molecule has 0 aliphatic rings. The lowest BCUT2D eigenvalue weighted by molar-refractivity contribution is -0.145. The quantitative estimate of drug-likeness (QED) is 0.663. The molecular weight excluding hydrogens is 284 g/mol. The van der Waals surface area contributed by atoms with Crippen molar-refractivity contribution >= 4 is 17.7 Å². The van der Waals surface area contributed by atoms with Crippen LogP contribution in [-0.4, -0.2) is 34.3 Å². The summed E-state index contributed by atoms with van der Waals surface area (Å²) in [5.74, 6) is -1.73. The van der Waals surface area contributed by atoms with E-state index in [1.54, 1.807) is 27.7 Å². The average Bonchev–Trinajstić information content (AvgIpc) is 2.30. The number of hydrogen-bond acceptors (Lipinski definition) is 4. The minimum atomic E-state index is -1.15. The second kappa shape index (κ2) is 6.77. The predicted molar refractivity (Wildman–Crippen MR) is 85.3 cm³/mol. The SMILES string of the molecule is CC(C)(N)C(=O)CCC(NC(=O)C(C)(C)C(C)(C)C)C(=O)O. The Hall–Kier alpha value is -1.43. The molecule has 1 atom stereocenters. The molecule has 0 saturated heterocycles. The molecule has 0 rings (SSSR count). The van der Waals surface area contributed by atoms with E-state index < -0.39 is 23.0 Å². The van der Waals surface area contributed by atoms with E-state index in [1.165, 1.54) is 0 Å². The van der Waals surface area contributed by atoms with Crippen LogP contribution < -0.4 is 11.1 Å². The Balaban J connectivity index is 4.92. The Morgan fingerprint density at radius 2 is 1.50 bits per heavy atom. The van der Waals surface area contributed by atoms with Gasteiger partial charge in [0.1, 0.15) is 6.04 Å². The number of carbonyl (C=O) groups excluding carboxylic acids is 2. The molecule has 128 valence electrons. The summed E-state index contributed by atoms with van der Waals surface area (Å²) in [4.78, 5) is 35.5. The lowest BCUT2D eigenvalue weighted by Crippen LogP contribution is -2.51. The number of ketones is 1. The number of Topliss-reactive ketones (excluding diaryl/α,β-unsaturated/α-hetero) is 1. The van der Waals surface area contributed by atoms with Crippen LogP contribution in [0, 0.1) is 10.8 Å². The summed E-state index contributed by atoms with van der Waals surface area (Å²) in [5.41, 5.74) is 3.62. The van der Waals surface area contributed by atoms with Crippen molar-refractivity contribution in [3.8, 4) is 0 Å². The van der Waals surface area contributed by atoms with Crippen LogP contribution in [0.5, 0.6) is 0 Å². The minimum Gasteiger partial charge on any atom is -0.480 e. The fraction of sp³-hybridized carbons (Fsp3) is 0.812. The Morgan fingerprint density at radius 1 is 1.05 bits per heavy atom. The van der Waals surface area contributed by atoms with Gasteiger partial charge in [-0.05, 0) is 25.7 Å². The number of carbonyl (C=O) groups is 3. The predicted octanol–water partition coefficient (Wildman–Crippen LogP) is 1.71. The van der Waals surface area contributed by atoms with E-state index in [9.17, 15) is 19.5 Å². The molecule has 0 fully saturated rings. The fourth-order valence-corrected chi connectivity index (χ4v) is 1.53. The van der Waals surface area contributed by atoms with Crippen molar-refractivity contribution in [2.75, 3.05) is 0 Å². The Kier molecular flexibility index (Phi) is 6.33. The van der Waals surface area contributed by atoms with Crippen LogP contribution in [0.25, 0.3) is 0 Å². The number of amides is 1. The first-order chi connectivity index (χ1) is 9.60. The van der Waals surface area contributed by atoms with Gasteiger partial charge in [-0.15, -0.1) is 0 Å². The van der Waals surface area contributed by atoms with Crippen LogP contribution in [0.15, 0.2) is 0 Å². The number of carboxylic acids is 1. The third-order valence-electron chi connectivity index (χ3n) is 4.42. The van der Waals surface area contributed by atoms with Gasteiger partial charge in [-0.2, -0.15) is 0 Å². The van der Waals surface area contributed by atoms with Gasteiger partial charge < -0.3 is 16.2 Å². The summed E-state index contributed by atoms with van der Waals surface area (Å²) in [7, 11) is 0. The zero-order valence-corrected chi connectivity index (χ0v) is 14.7. The number of rotatable bonds is 7. The largest absolute Gasteiger partial charge is 0.480 e. The molecule has 4 N–H and O–H groups in total. The molecule has 6 nitrogen and oxygen atoms in total. The van der Waals surface area contributed by atoms with Crippen LogP contribution in [0.3, 0.4) is 0 Å². The van der Waals surface area contributed by atoms with Crippen LogP contribution in [0.4, 0.5) is 0 Å². The molecule has 1 amide bonds. The Bertz CT molecular complexity index is 442. The van der Waals surface area contributed by atoms with Crippen molar-refractivity contribution in [1.29, 1.82) is 0 Å². The summed E-state index contributed by atoms with van der Waals surface area (Å²) in [6.07, 6.45) is 0.0391. The molecule has 0 aliphatic heterocycles. The summed E-state index contributed by atoms with van der Waals surface area (Å²) in [6.45, 7) is 12.5. The normalized spacial score (nSPS) is 14.4. The zero-order valence-electron chi connectivity index (χ0n) is 14.7. The third kappa shape index (κ3) is 5.40. The monoisotopic (exact) mass is 314 g/mol. The van der Waals surface area contributed by atoms with Gasteiger partial charge in [0.2, 0.25) is 5.91 Å². The first kappa shape index (κ1) is 20.6. The Labute approximate surface area is 132 Å². The molecule has 0 spiro atoms. The molecule has 6 heteroatoms. The highest BCUT2D eigenvalue weighted by molar-refractivity contribution is 5.89. The number of nitrogens with one attached hydrogen (secondary N) is 1. The van der Waals surface area contributed by atoms with E-state index in [2.05, 4.69) is 5.32 Å². The first-order valence-corrected chi connectivity index (χ1v) is 7.46. The smallest absolute Gasteiger partial charge is 0.326 e. The molecule has 0 heterocycles. The first-order valence-electron chi connectivity index (χ1n) is 7.46. The average molecular weight is 314 g/mol. The molecule has 0 aromatic carbocycles. The summed E-state index contributed by atoms with van der Waals surface area (Å²) in [6, 6.07) is -1.10. The lowest BCUT2D eigenvalue weighted by Gasteiger charge is -2.38. The van der Waals surface area contributed by atoms with E-state index in [4.69, 9.17) is 5.73 Å². The number of hydrogen-bond donors (Lipinski definition) is 3. The van der Waals surface area contributed by atoms with E-state index >= 15 is 0 Å². The van der Waals surface area contributed by atoms with Gasteiger partial charge in [-0.3, -0.25) is 9.59 Å². The van der Waals surface area contributed by atoms with Crippen LogP contribution in [-0.2, 0) is 14.4 Å². The molecule has 22 heavy (non-hydrogen) atoms. The molecule has 0 bridgehead atoms. The summed E-state index contributed by atoms with van der Waals surface area (Å²) >= 11 is 0. The maximum absolute atomic E-state index is 12.4. The number of nitrogens with two attached hydrogens (primary N) is 1. The van der Waals surface area contributed by atoms with E-state index in [0.717, 1.165) is 0 Å². The van der Waals surface area contributed by atoms with E-state index in [-0.39, 0.29) is 29.9 Å². The van der Waals surface area contributed by atoms with Gasteiger partial charge in [0.15, 0.2) is 5.78 Å². The Morgan fingerprint density at radius 3 is 1.82 bits per heavy atom. The molecule has 1 unspecified atom stereocenters. The molecule has 0 aromatic heterocycles. The molecule has 0 aromatic rings. The van der Waals surface area contributed by atoms with Crippen molar-refractivity contribution in [1.82, 2.24) is 5.32 Å². The minimum absolute atomic E-state index is 0.0106. The standard InChI is InChI=1S/C16H30N2O4/c1-14(2,3)15(4,5)13(22)18-10(12(20)21)8-9-11(19)16(6,7)17/h10H,8-9,17H2,1-7H3,(H,18,22)(H,20,21). The van der Waals surface area contributed by atoms with Gasteiger partial charge in [0.25, 0.3) is 0 Å². The summed E-state index contributed by atoms with van der Waals surface area (Å²) in [5, 5.41) is 11.8. The molecule has 0 radical (unpaired) electrons. The van der Waals surface area contributed by atoms with Crippen LogP contribution in [0.2, 0.25) is 0 Å². The third-order valence-corrected chi connectivity index (χ3v) is 4.42. The van der Waals surface area contributed by atoms with E-state index in [1.807, 2.05) is 20.8 Å². The maximum Gasteiger partial charge on any atom is 0.326 e. The highest BCUT2D eigenvalue weighted by atomic mass is 16.4. The maximum atomic E-state index is 12.4. The number of aliphatic carboxylic acids is 1. The topological polar surface area (TPSA) is 109 Å². The van der Waals surface area contributed by atoms with Crippen molar-refractivity contribution in [2.24, 2.45) is 16.6 Å². The van der Waals surface area contributed by atoms with Gasteiger partial charge >= 0.3 is 5.97 Å². The molecular formula is C16H30N2O4. The summed E-state index contributed by atoms with van der Waals surface area (Å²) < 4.78 is 0. The molecule has 0 saturated carbocycles. The van der Waals surface area contributed by atoms with Crippen molar-refractivity contribution in [3.63, 3.8) is 0 Å². The van der Waals surface area contributed by atoms with Crippen molar-refractivity contribution in [2.45, 2.75) is 72.9 Å². The van der Waals surface area contributed by atoms with Crippen LogP contribution in [0.1, 0.15) is 61.3 Å². The van der Waals surface area contributed by atoms with Crippen molar-refractivity contribution in [3.05, 3.63) is 0 Å². The fourth-order valence-electron chi connectivity index (χ4n) is 1.53. The second-order valence-corrected chi connectivity index (χ2v) is 7.92. The van der Waals surface area contributed by atoms with E-state index in [0.29, 0.717) is 0 Å². The second-order valence-electron chi connectivity index (χ2n) is 7.92. The highest BCUT2D eigenvalue weighted by Gasteiger charge is 2.41. The highest BCUT2D eigenvalue weighted by Crippen LogP contribution is 2.38. The van der Waals surface area contributed by atoms with Crippen LogP contribution >= 0.6 is 0 Å². The molecule has 0 aliphatic carbocycles. The van der Waals surface area contributed by atoms with Gasteiger partial charge in [-0.25, -0.2) is 4.79 Å². The van der Waals surface area contributed by atoms with Gasteiger partial charge in [-0.1, -0.05) is 34.6 Å². The zero-order chi connectivity index (χ0) is 17.9. The van der Waals surface area contributed by atoms with Gasteiger partial charge in [0.05, 0.1) is 5.54 Å². The lowest BCUT2D eigenvalue weighted by atomic mass is 9.68. The van der Waals surface area contributed by atoms with Crippen molar-refractivity contribution < 1.29 is 19.5 Å². The van der Waals surface area contributed by atoms with Gasteiger partial charge in [0, 0.05) is 11.8 Å².